The Bertz CT molecular complexity index is 948. The molecule has 4 rings (SSSR count). The smallest absolute Gasteiger partial charge is 0.340 e. The minimum atomic E-state index is -1.00. The molecular formula is C22H21N3O2. The zero-order valence-electron chi connectivity index (χ0n) is 15.2. The second kappa shape index (κ2) is 6.36. The molecule has 0 fully saturated rings. The first-order chi connectivity index (χ1) is 13.1. The maximum Gasteiger partial charge on any atom is 0.340 e. The van der Waals surface area contributed by atoms with Gasteiger partial charge in [0.15, 0.2) is 5.60 Å². The van der Waals surface area contributed by atoms with E-state index in [1.165, 1.54) is 0 Å². The van der Waals surface area contributed by atoms with Gasteiger partial charge in [-0.15, -0.1) is 0 Å². The highest BCUT2D eigenvalue weighted by molar-refractivity contribution is 5.97. The lowest BCUT2D eigenvalue weighted by atomic mass is 9.79. The molecule has 0 atom stereocenters. The van der Waals surface area contributed by atoms with Gasteiger partial charge in [-0.3, -0.25) is 0 Å². The van der Waals surface area contributed by atoms with Crippen molar-refractivity contribution in [2.75, 3.05) is 30.5 Å². The number of anilines is 3. The van der Waals surface area contributed by atoms with Crippen LogP contribution in [0.15, 0.2) is 66.7 Å². The fourth-order valence-electron chi connectivity index (χ4n) is 3.63. The van der Waals surface area contributed by atoms with E-state index in [-0.39, 0.29) is 5.97 Å². The average molecular weight is 359 g/mol. The van der Waals surface area contributed by atoms with Crippen molar-refractivity contribution in [1.29, 1.82) is 0 Å². The molecule has 0 aromatic heterocycles. The number of fused-ring (bicyclic) bond motifs is 1. The lowest BCUT2D eigenvalue weighted by Gasteiger charge is -2.30. The van der Waals surface area contributed by atoms with Crippen LogP contribution in [-0.2, 0) is 10.3 Å². The van der Waals surface area contributed by atoms with E-state index in [0.29, 0.717) is 11.3 Å². The molecule has 0 saturated heterocycles. The number of nitrogen functional groups attached to an aromatic ring is 1. The van der Waals surface area contributed by atoms with E-state index in [1.807, 2.05) is 68.7 Å². The standard InChI is InChI=1S/C22H21N3O2/c1-24-17-8-3-14(4-9-17)22(15-5-10-18(25-2)11-6-15)20-12-7-16(23)13-19(20)21(26)27-22/h3-13,24-25H,23H2,1-2H3. The highest BCUT2D eigenvalue weighted by atomic mass is 16.6. The molecule has 0 saturated carbocycles. The SMILES string of the molecule is CNc1ccc(C2(c3ccc(NC)cc3)OC(=O)c3cc(N)ccc32)cc1. The van der Waals surface area contributed by atoms with Crippen LogP contribution in [0.25, 0.3) is 0 Å². The predicted molar refractivity (Wildman–Crippen MR) is 108 cm³/mol. The number of nitrogens with one attached hydrogen (secondary N) is 2. The number of carbonyl (C=O) groups excluding carboxylic acids is 1. The van der Waals surface area contributed by atoms with Crippen molar-refractivity contribution >= 4 is 23.0 Å². The molecule has 3 aromatic carbocycles. The third-order valence-electron chi connectivity index (χ3n) is 5.05. The fourth-order valence-corrected chi connectivity index (χ4v) is 3.63. The van der Waals surface area contributed by atoms with Crippen molar-refractivity contribution in [3.63, 3.8) is 0 Å². The van der Waals surface area contributed by atoms with Crippen molar-refractivity contribution in [1.82, 2.24) is 0 Å². The van der Waals surface area contributed by atoms with Crippen LogP contribution in [0.5, 0.6) is 0 Å². The Balaban J connectivity index is 1.97. The van der Waals surface area contributed by atoms with Crippen molar-refractivity contribution in [2.24, 2.45) is 0 Å². The first kappa shape index (κ1) is 17.0. The Kier molecular flexibility index (Phi) is 4.00. The molecule has 0 bridgehead atoms. The predicted octanol–water partition coefficient (Wildman–Crippen LogP) is 3.81. The van der Waals surface area contributed by atoms with Gasteiger partial charge in [-0.05, 0) is 36.4 Å². The van der Waals surface area contributed by atoms with E-state index < -0.39 is 5.60 Å². The van der Waals surface area contributed by atoms with Gasteiger partial charge in [-0.1, -0.05) is 30.3 Å². The Labute approximate surface area is 158 Å². The molecular weight excluding hydrogens is 338 g/mol. The van der Waals surface area contributed by atoms with Crippen molar-refractivity contribution in [2.45, 2.75) is 5.60 Å². The monoisotopic (exact) mass is 359 g/mol. The van der Waals surface area contributed by atoms with Crippen LogP contribution >= 0.6 is 0 Å². The number of benzene rings is 3. The van der Waals surface area contributed by atoms with Crippen LogP contribution in [-0.4, -0.2) is 20.1 Å². The highest BCUT2D eigenvalue weighted by Crippen LogP contribution is 2.47. The molecule has 4 N–H and O–H groups in total. The van der Waals surface area contributed by atoms with Crippen LogP contribution in [0, 0.1) is 0 Å². The zero-order valence-corrected chi connectivity index (χ0v) is 15.2. The summed E-state index contributed by atoms with van der Waals surface area (Å²) in [5.41, 5.74) is 10.5. The molecule has 27 heavy (non-hydrogen) atoms. The molecule has 0 spiro atoms. The molecule has 0 unspecified atom stereocenters. The van der Waals surface area contributed by atoms with E-state index in [9.17, 15) is 4.79 Å². The van der Waals surface area contributed by atoms with Gasteiger partial charge in [-0.25, -0.2) is 4.79 Å². The number of ether oxygens (including phenoxy) is 1. The number of cyclic esters (lactones) is 1. The summed E-state index contributed by atoms with van der Waals surface area (Å²) in [6.45, 7) is 0. The Morgan fingerprint density at radius 3 is 1.81 bits per heavy atom. The molecule has 1 aliphatic heterocycles. The van der Waals surface area contributed by atoms with E-state index in [0.717, 1.165) is 28.1 Å². The van der Waals surface area contributed by atoms with Gasteiger partial charge >= 0.3 is 5.97 Å². The molecule has 0 aliphatic carbocycles. The number of rotatable bonds is 4. The third-order valence-corrected chi connectivity index (χ3v) is 5.05. The maximum absolute atomic E-state index is 12.7. The summed E-state index contributed by atoms with van der Waals surface area (Å²) in [5, 5.41) is 6.23. The molecule has 5 nitrogen and oxygen atoms in total. The number of carbonyl (C=O) groups is 1. The van der Waals surface area contributed by atoms with Crippen LogP contribution in [0.2, 0.25) is 0 Å². The molecule has 0 radical (unpaired) electrons. The summed E-state index contributed by atoms with van der Waals surface area (Å²) in [6, 6.07) is 21.2. The van der Waals surface area contributed by atoms with Crippen LogP contribution in [0.4, 0.5) is 17.1 Å². The summed E-state index contributed by atoms with van der Waals surface area (Å²) in [6.07, 6.45) is 0. The lowest BCUT2D eigenvalue weighted by molar-refractivity contribution is 0.0251. The summed E-state index contributed by atoms with van der Waals surface area (Å²) in [5.74, 6) is -0.368. The second-order valence-electron chi connectivity index (χ2n) is 6.53. The first-order valence-electron chi connectivity index (χ1n) is 8.78. The second-order valence-corrected chi connectivity index (χ2v) is 6.53. The molecule has 5 heteroatoms. The maximum atomic E-state index is 12.7. The Morgan fingerprint density at radius 2 is 1.33 bits per heavy atom. The van der Waals surface area contributed by atoms with Gasteiger partial charge < -0.3 is 21.1 Å². The van der Waals surface area contributed by atoms with E-state index >= 15 is 0 Å². The zero-order chi connectivity index (χ0) is 19.0. The Morgan fingerprint density at radius 1 is 0.815 bits per heavy atom. The highest BCUT2D eigenvalue weighted by Gasteiger charge is 2.48. The molecule has 3 aromatic rings. The van der Waals surface area contributed by atoms with Gasteiger partial charge in [0.1, 0.15) is 0 Å². The fraction of sp³-hybridized carbons (Fsp3) is 0.136. The summed E-state index contributed by atoms with van der Waals surface area (Å²) >= 11 is 0. The molecule has 1 heterocycles. The minimum Gasteiger partial charge on any atom is -0.441 e. The van der Waals surface area contributed by atoms with Gasteiger partial charge in [0, 0.05) is 47.8 Å². The summed E-state index contributed by atoms with van der Waals surface area (Å²) in [7, 11) is 3.74. The molecule has 0 amide bonds. The van der Waals surface area contributed by atoms with Crippen molar-refractivity contribution in [3.8, 4) is 0 Å². The van der Waals surface area contributed by atoms with E-state index in [1.54, 1.807) is 12.1 Å². The van der Waals surface area contributed by atoms with Crippen molar-refractivity contribution < 1.29 is 9.53 Å². The first-order valence-corrected chi connectivity index (χ1v) is 8.78. The minimum absolute atomic E-state index is 0.368. The van der Waals surface area contributed by atoms with E-state index in [4.69, 9.17) is 10.5 Å². The van der Waals surface area contributed by atoms with Crippen LogP contribution in [0.3, 0.4) is 0 Å². The van der Waals surface area contributed by atoms with Crippen LogP contribution in [0.1, 0.15) is 27.0 Å². The normalized spacial score (nSPS) is 14.4. The molecule has 1 aliphatic rings. The molecule has 136 valence electrons. The topological polar surface area (TPSA) is 76.4 Å². The number of hydrogen-bond donors (Lipinski definition) is 3. The quantitative estimate of drug-likeness (QED) is 0.488. The third kappa shape index (κ3) is 2.59. The summed E-state index contributed by atoms with van der Waals surface area (Å²) < 4.78 is 6.06. The van der Waals surface area contributed by atoms with Gasteiger partial charge in [0.2, 0.25) is 0 Å². The largest absolute Gasteiger partial charge is 0.441 e. The van der Waals surface area contributed by atoms with Crippen molar-refractivity contribution in [3.05, 3.63) is 89.0 Å². The number of nitrogens with two attached hydrogens (primary N) is 1. The van der Waals surface area contributed by atoms with Gasteiger partial charge in [0.05, 0.1) is 5.56 Å². The van der Waals surface area contributed by atoms with Gasteiger partial charge in [0.25, 0.3) is 0 Å². The van der Waals surface area contributed by atoms with Crippen LogP contribution < -0.4 is 16.4 Å². The average Bonchev–Trinajstić information content (AvgIpc) is 3.01. The number of hydrogen-bond acceptors (Lipinski definition) is 5. The number of esters is 1. The van der Waals surface area contributed by atoms with Gasteiger partial charge in [-0.2, -0.15) is 0 Å². The lowest BCUT2D eigenvalue weighted by Crippen LogP contribution is -2.29. The summed E-state index contributed by atoms with van der Waals surface area (Å²) in [4.78, 5) is 12.7. The van der Waals surface area contributed by atoms with E-state index in [2.05, 4.69) is 10.6 Å². The Hall–Kier alpha value is -3.47.